The lowest BCUT2D eigenvalue weighted by atomic mass is 9.96. The second kappa shape index (κ2) is 7.71. The second-order valence-corrected chi connectivity index (χ2v) is 7.08. The maximum absolute atomic E-state index is 4.61. The van der Waals surface area contributed by atoms with Gasteiger partial charge in [0.1, 0.15) is 0 Å². The van der Waals surface area contributed by atoms with Crippen molar-refractivity contribution in [2.75, 3.05) is 6.54 Å². The molecular weight excluding hydrogens is 276 g/mol. The third-order valence-electron chi connectivity index (χ3n) is 3.53. The second-order valence-electron chi connectivity index (χ2n) is 6.02. The molecule has 2 rings (SSSR count). The summed E-state index contributed by atoms with van der Waals surface area (Å²) in [4.78, 5) is 4.61. The van der Waals surface area contributed by atoms with Crippen molar-refractivity contribution in [3.63, 3.8) is 0 Å². The van der Waals surface area contributed by atoms with Gasteiger partial charge in [-0.3, -0.25) is 0 Å². The highest BCUT2D eigenvalue weighted by Gasteiger charge is 2.13. The number of nitrogens with one attached hydrogen (secondary N) is 1. The van der Waals surface area contributed by atoms with Gasteiger partial charge < -0.3 is 5.32 Å². The van der Waals surface area contributed by atoms with Gasteiger partial charge in [0.05, 0.1) is 10.7 Å². The van der Waals surface area contributed by atoms with Gasteiger partial charge in [0.15, 0.2) is 0 Å². The molecule has 0 amide bonds. The lowest BCUT2D eigenvalue weighted by Crippen LogP contribution is -2.23. The molecule has 0 aliphatic carbocycles. The van der Waals surface area contributed by atoms with Gasteiger partial charge in [0, 0.05) is 17.8 Å². The molecule has 21 heavy (non-hydrogen) atoms. The molecule has 0 saturated heterocycles. The van der Waals surface area contributed by atoms with Gasteiger partial charge in [-0.2, -0.15) is 0 Å². The zero-order chi connectivity index (χ0) is 15.2. The maximum Gasteiger partial charge on any atom is 0.0897 e. The lowest BCUT2D eigenvalue weighted by Gasteiger charge is -2.18. The normalized spacial score (nSPS) is 12.8. The molecule has 0 spiro atoms. The van der Waals surface area contributed by atoms with Crippen molar-refractivity contribution in [3.8, 4) is 0 Å². The van der Waals surface area contributed by atoms with Crippen molar-refractivity contribution in [2.24, 2.45) is 5.92 Å². The van der Waals surface area contributed by atoms with Crippen LogP contribution in [0, 0.1) is 12.8 Å². The summed E-state index contributed by atoms with van der Waals surface area (Å²) in [5, 5.41) is 6.93. The Kier molecular flexibility index (Phi) is 5.95. The first-order valence-corrected chi connectivity index (χ1v) is 8.69. The molecular formula is C18H26N2S. The summed E-state index contributed by atoms with van der Waals surface area (Å²) in [6.45, 7) is 9.75. The Morgan fingerprint density at radius 1 is 1.24 bits per heavy atom. The fraction of sp³-hybridized carbons (Fsp3) is 0.500. The van der Waals surface area contributed by atoms with Gasteiger partial charge in [-0.05, 0) is 36.9 Å². The highest BCUT2D eigenvalue weighted by atomic mass is 32.1. The van der Waals surface area contributed by atoms with E-state index >= 15 is 0 Å². The molecule has 1 N–H and O–H groups in total. The number of benzene rings is 1. The summed E-state index contributed by atoms with van der Waals surface area (Å²) in [5.41, 5.74) is 4.00. The Bertz CT molecular complexity index is 560. The van der Waals surface area contributed by atoms with Gasteiger partial charge in [-0.1, -0.05) is 45.0 Å². The maximum atomic E-state index is 4.61. The van der Waals surface area contributed by atoms with Crippen LogP contribution in [0.4, 0.5) is 0 Å². The molecule has 1 unspecified atom stereocenters. The van der Waals surface area contributed by atoms with Crippen LogP contribution in [0.15, 0.2) is 29.6 Å². The first-order chi connectivity index (χ1) is 10.1. The Hall–Kier alpha value is -1.19. The van der Waals surface area contributed by atoms with Gasteiger partial charge >= 0.3 is 0 Å². The van der Waals surface area contributed by atoms with E-state index in [1.165, 1.54) is 16.8 Å². The molecule has 2 nitrogen and oxygen atoms in total. The zero-order valence-electron chi connectivity index (χ0n) is 13.5. The van der Waals surface area contributed by atoms with Gasteiger partial charge in [0.2, 0.25) is 0 Å². The molecule has 0 bridgehead atoms. The fourth-order valence-electron chi connectivity index (χ4n) is 2.67. The van der Waals surface area contributed by atoms with Crippen molar-refractivity contribution in [1.82, 2.24) is 10.3 Å². The van der Waals surface area contributed by atoms with Crippen molar-refractivity contribution in [2.45, 2.75) is 46.6 Å². The number of hydrogen-bond donors (Lipinski definition) is 1. The third-order valence-corrected chi connectivity index (χ3v) is 4.35. The Morgan fingerprint density at radius 3 is 2.67 bits per heavy atom. The van der Waals surface area contributed by atoms with Crippen molar-refractivity contribution < 1.29 is 0 Å². The number of rotatable bonds is 7. The van der Waals surface area contributed by atoms with E-state index < -0.39 is 0 Å². The van der Waals surface area contributed by atoms with Crippen LogP contribution in [-0.4, -0.2) is 11.5 Å². The van der Waals surface area contributed by atoms with Crippen LogP contribution in [0.25, 0.3) is 0 Å². The van der Waals surface area contributed by atoms with E-state index in [1.54, 1.807) is 11.3 Å². The minimum Gasteiger partial charge on any atom is -0.310 e. The van der Waals surface area contributed by atoms with E-state index in [9.17, 15) is 0 Å². The van der Waals surface area contributed by atoms with E-state index in [2.05, 4.69) is 67.6 Å². The molecule has 0 aliphatic rings. The Labute approximate surface area is 132 Å². The van der Waals surface area contributed by atoms with E-state index in [0.717, 1.165) is 24.4 Å². The minimum atomic E-state index is 0.351. The quantitative estimate of drug-likeness (QED) is 0.812. The summed E-state index contributed by atoms with van der Waals surface area (Å²) in [6, 6.07) is 9.36. The average Bonchev–Trinajstić information content (AvgIpc) is 2.83. The first-order valence-electron chi connectivity index (χ1n) is 7.81. The van der Waals surface area contributed by atoms with Crippen LogP contribution in [0.5, 0.6) is 0 Å². The standard InChI is InChI=1S/C18H26N2S/c1-5-19-18(11-17-12-21-14(4)20-17)16-8-6-7-15(10-16)9-13(2)3/h6-8,10,12-13,18-19H,5,9,11H2,1-4H3. The number of aryl methyl sites for hydroxylation is 1. The van der Waals surface area contributed by atoms with E-state index in [-0.39, 0.29) is 0 Å². The highest BCUT2D eigenvalue weighted by Crippen LogP contribution is 2.21. The third kappa shape index (κ3) is 4.94. The van der Waals surface area contributed by atoms with Gasteiger partial charge in [-0.25, -0.2) is 4.98 Å². The molecule has 2 aromatic rings. The van der Waals surface area contributed by atoms with E-state index in [0.29, 0.717) is 12.0 Å². The zero-order valence-corrected chi connectivity index (χ0v) is 14.3. The predicted octanol–water partition coefficient (Wildman–Crippen LogP) is 4.54. The van der Waals surface area contributed by atoms with E-state index in [1.807, 2.05) is 0 Å². The Balaban J connectivity index is 2.17. The molecule has 114 valence electrons. The smallest absolute Gasteiger partial charge is 0.0897 e. The summed E-state index contributed by atoms with van der Waals surface area (Å²) in [6.07, 6.45) is 2.10. The molecule has 0 aliphatic heterocycles. The summed E-state index contributed by atoms with van der Waals surface area (Å²) in [7, 11) is 0. The first kappa shape index (κ1) is 16.2. The number of thiazole rings is 1. The van der Waals surface area contributed by atoms with Crippen LogP contribution in [0.1, 0.15) is 48.6 Å². The summed E-state index contributed by atoms with van der Waals surface area (Å²) in [5.74, 6) is 0.694. The monoisotopic (exact) mass is 302 g/mol. The van der Waals surface area contributed by atoms with Crippen molar-refractivity contribution in [3.05, 3.63) is 51.5 Å². The molecule has 1 aromatic heterocycles. The molecule has 3 heteroatoms. The highest BCUT2D eigenvalue weighted by molar-refractivity contribution is 7.09. The molecule has 1 heterocycles. The van der Waals surface area contributed by atoms with Crippen molar-refractivity contribution in [1.29, 1.82) is 0 Å². The molecule has 1 atom stereocenters. The minimum absolute atomic E-state index is 0.351. The molecule has 1 aromatic carbocycles. The number of nitrogens with zero attached hydrogens (tertiary/aromatic N) is 1. The average molecular weight is 302 g/mol. The molecule has 0 radical (unpaired) electrons. The van der Waals surface area contributed by atoms with Gasteiger partial charge in [0.25, 0.3) is 0 Å². The lowest BCUT2D eigenvalue weighted by molar-refractivity contribution is 0.543. The molecule has 0 saturated carbocycles. The van der Waals surface area contributed by atoms with Crippen LogP contribution in [0.3, 0.4) is 0 Å². The fourth-order valence-corrected chi connectivity index (χ4v) is 3.30. The van der Waals surface area contributed by atoms with Crippen LogP contribution < -0.4 is 5.32 Å². The number of aromatic nitrogens is 1. The largest absolute Gasteiger partial charge is 0.310 e. The number of likely N-dealkylation sites (N-methyl/N-ethyl adjacent to an activating group) is 1. The van der Waals surface area contributed by atoms with E-state index in [4.69, 9.17) is 0 Å². The Morgan fingerprint density at radius 2 is 2.05 bits per heavy atom. The van der Waals surface area contributed by atoms with Gasteiger partial charge in [-0.15, -0.1) is 11.3 Å². The summed E-state index contributed by atoms with van der Waals surface area (Å²) < 4.78 is 0. The SMILES string of the molecule is CCNC(Cc1csc(C)n1)c1cccc(CC(C)C)c1. The predicted molar refractivity (Wildman–Crippen MR) is 92.0 cm³/mol. The van der Waals surface area contributed by atoms with Crippen LogP contribution in [0.2, 0.25) is 0 Å². The van der Waals surface area contributed by atoms with Crippen molar-refractivity contribution >= 4 is 11.3 Å². The topological polar surface area (TPSA) is 24.9 Å². The molecule has 0 fully saturated rings. The van der Waals surface area contributed by atoms with Crippen LogP contribution in [-0.2, 0) is 12.8 Å². The van der Waals surface area contributed by atoms with Crippen LogP contribution >= 0.6 is 11.3 Å². The number of hydrogen-bond acceptors (Lipinski definition) is 3. The summed E-state index contributed by atoms with van der Waals surface area (Å²) >= 11 is 1.73.